The average Bonchev–Trinajstić information content (AvgIpc) is 3.41. The van der Waals surface area contributed by atoms with Crippen molar-refractivity contribution in [3.63, 3.8) is 0 Å². The van der Waals surface area contributed by atoms with E-state index in [0.29, 0.717) is 25.6 Å². The van der Waals surface area contributed by atoms with Crippen LogP contribution in [0.15, 0.2) is 23.3 Å². The van der Waals surface area contributed by atoms with Crippen molar-refractivity contribution >= 4 is 11.9 Å². The van der Waals surface area contributed by atoms with Gasteiger partial charge < -0.3 is 23.7 Å². The molecule has 4 fully saturated rings. The van der Waals surface area contributed by atoms with E-state index >= 15 is 0 Å². The van der Waals surface area contributed by atoms with Gasteiger partial charge in [0.1, 0.15) is 6.10 Å². The van der Waals surface area contributed by atoms with Gasteiger partial charge in [-0.2, -0.15) is 0 Å². The Kier molecular flexibility index (Phi) is 4.35. The van der Waals surface area contributed by atoms with Crippen LogP contribution in [-0.2, 0) is 33.3 Å². The molecule has 0 aromatic heterocycles. The zero-order chi connectivity index (χ0) is 22.4. The van der Waals surface area contributed by atoms with Crippen LogP contribution in [-0.4, -0.2) is 54.3 Å². The number of allylic oxidation sites excluding steroid dienone is 1. The predicted octanol–water partition coefficient (Wildman–Crippen LogP) is 3.36. The number of esters is 2. The molecule has 7 heteroatoms. The second kappa shape index (κ2) is 6.67. The molecule has 3 aliphatic heterocycles. The van der Waals surface area contributed by atoms with Crippen LogP contribution in [0.1, 0.15) is 65.7 Å². The molecular formula is C25H32O7. The number of hydrogen-bond donors (Lipinski definition) is 0. The van der Waals surface area contributed by atoms with Crippen molar-refractivity contribution in [3.05, 3.63) is 23.3 Å². The first kappa shape index (κ1) is 20.9. The summed E-state index contributed by atoms with van der Waals surface area (Å²) < 4.78 is 31.0. The lowest BCUT2D eigenvalue weighted by Gasteiger charge is -2.55. The van der Waals surface area contributed by atoms with Crippen molar-refractivity contribution in [2.75, 3.05) is 13.2 Å². The minimum absolute atomic E-state index is 0.131. The topological polar surface area (TPSA) is 80.3 Å². The molecule has 6 atom stereocenters. The maximum atomic E-state index is 12.0. The third-order valence-corrected chi connectivity index (χ3v) is 9.15. The molecular weight excluding hydrogens is 412 g/mol. The molecule has 7 nitrogen and oxygen atoms in total. The molecule has 0 N–H and O–H groups in total. The third-order valence-electron chi connectivity index (χ3n) is 9.15. The molecule has 2 saturated heterocycles. The zero-order valence-electron chi connectivity index (χ0n) is 19.1. The lowest BCUT2D eigenvalue weighted by molar-refractivity contribution is -0.244. The summed E-state index contributed by atoms with van der Waals surface area (Å²) in [6, 6.07) is 0. The smallest absolute Gasteiger partial charge is 0.303 e. The maximum absolute atomic E-state index is 12.0. The lowest BCUT2D eigenvalue weighted by atomic mass is 9.59. The Morgan fingerprint density at radius 3 is 2.47 bits per heavy atom. The fourth-order valence-electron chi connectivity index (χ4n) is 7.89. The molecule has 0 radical (unpaired) electrons. The Hall–Kier alpha value is -1.70. The molecule has 3 aliphatic carbocycles. The highest BCUT2D eigenvalue weighted by atomic mass is 16.7. The minimum atomic E-state index is -0.605. The Bertz CT molecular complexity index is 931. The number of carbonyl (C=O) groups is 2. The SMILES string of the molecule is CC(=O)OC1CC[C@@]23CC[C@@]4(O2)C(=CCC2(C)[C@H]4CCC24OCCO4)C=C3[C@H]1OC(C)=O. The Labute approximate surface area is 188 Å². The summed E-state index contributed by atoms with van der Waals surface area (Å²) in [4.78, 5) is 23.7. The minimum Gasteiger partial charge on any atom is -0.458 e. The molecule has 174 valence electrons. The van der Waals surface area contributed by atoms with Gasteiger partial charge in [-0.25, -0.2) is 0 Å². The predicted molar refractivity (Wildman–Crippen MR) is 112 cm³/mol. The molecule has 6 aliphatic rings. The van der Waals surface area contributed by atoms with Crippen LogP contribution < -0.4 is 0 Å². The summed E-state index contributed by atoms with van der Waals surface area (Å²) in [6.45, 7) is 6.42. The number of carbonyl (C=O) groups excluding carboxylic acids is 2. The van der Waals surface area contributed by atoms with Crippen molar-refractivity contribution in [2.45, 2.75) is 94.9 Å². The van der Waals surface area contributed by atoms with Gasteiger partial charge in [0.15, 0.2) is 11.9 Å². The van der Waals surface area contributed by atoms with Crippen molar-refractivity contribution in [3.8, 4) is 0 Å². The largest absolute Gasteiger partial charge is 0.458 e. The molecule has 3 spiro atoms. The monoisotopic (exact) mass is 444 g/mol. The zero-order valence-corrected chi connectivity index (χ0v) is 19.1. The summed E-state index contributed by atoms with van der Waals surface area (Å²) in [5.41, 5.74) is 1.17. The Morgan fingerprint density at radius 1 is 1.00 bits per heavy atom. The number of ether oxygens (including phenoxy) is 5. The lowest BCUT2D eigenvalue weighted by Crippen LogP contribution is -2.59. The number of fused-ring (bicyclic) bond motifs is 2. The Morgan fingerprint density at radius 2 is 1.75 bits per heavy atom. The summed E-state index contributed by atoms with van der Waals surface area (Å²) >= 11 is 0. The molecule has 0 amide bonds. The van der Waals surface area contributed by atoms with Gasteiger partial charge in [0, 0.05) is 37.2 Å². The molecule has 2 bridgehead atoms. The van der Waals surface area contributed by atoms with Crippen LogP contribution in [0.5, 0.6) is 0 Å². The summed E-state index contributed by atoms with van der Waals surface area (Å²) in [5.74, 6) is -0.936. The van der Waals surface area contributed by atoms with Crippen molar-refractivity contribution in [2.24, 2.45) is 11.3 Å². The van der Waals surface area contributed by atoms with Crippen LogP contribution in [0.2, 0.25) is 0 Å². The fourth-order valence-corrected chi connectivity index (χ4v) is 7.89. The average molecular weight is 445 g/mol. The van der Waals surface area contributed by atoms with Crippen LogP contribution in [0.25, 0.3) is 0 Å². The number of rotatable bonds is 2. The second-order valence-corrected chi connectivity index (χ2v) is 10.6. The quantitative estimate of drug-likeness (QED) is 0.604. The van der Waals surface area contributed by atoms with E-state index < -0.39 is 23.6 Å². The highest BCUT2D eigenvalue weighted by molar-refractivity contribution is 5.68. The first-order valence-electron chi connectivity index (χ1n) is 12.0. The second-order valence-electron chi connectivity index (χ2n) is 10.6. The van der Waals surface area contributed by atoms with Gasteiger partial charge in [-0.3, -0.25) is 9.59 Å². The van der Waals surface area contributed by atoms with Crippen LogP contribution in [0, 0.1) is 11.3 Å². The summed E-state index contributed by atoms with van der Waals surface area (Å²) in [5, 5.41) is 0. The van der Waals surface area contributed by atoms with Gasteiger partial charge in [0.2, 0.25) is 0 Å². The summed E-state index contributed by atoms with van der Waals surface area (Å²) in [6.07, 6.45) is 9.36. The van der Waals surface area contributed by atoms with Crippen molar-refractivity contribution < 1.29 is 33.3 Å². The van der Waals surface area contributed by atoms with Gasteiger partial charge in [-0.1, -0.05) is 19.1 Å². The molecule has 32 heavy (non-hydrogen) atoms. The standard InChI is InChI=1S/C25H32O7/c1-15(26)30-19-5-8-23-10-11-24(32-23)17(14-18(23)21(19)31-16(2)27)4-7-22(3)20(24)6-9-25(22)28-12-13-29-25/h4,14,19-21H,5-13H2,1-3H3/t19?,20-,21-,22?,23+,24-/m1/s1. The van der Waals surface area contributed by atoms with Crippen LogP contribution >= 0.6 is 0 Å². The highest BCUT2D eigenvalue weighted by Crippen LogP contribution is 2.69. The summed E-state index contributed by atoms with van der Waals surface area (Å²) in [7, 11) is 0. The molecule has 0 aromatic carbocycles. The normalized spacial score (nSPS) is 45.4. The van der Waals surface area contributed by atoms with Gasteiger partial charge in [-0.05, 0) is 44.1 Å². The van der Waals surface area contributed by atoms with Gasteiger partial charge in [0.25, 0.3) is 0 Å². The Balaban J connectivity index is 1.43. The van der Waals surface area contributed by atoms with Crippen LogP contribution in [0.4, 0.5) is 0 Å². The van der Waals surface area contributed by atoms with E-state index in [1.165, 1.54) is 19.4 Å². The van der Waals surface area contributed by atoms with Gasteiger partial charge >= 0.3 is 11.9 Å². The third kappa shape index (κ3) is 2.53. The van der Waals surface area contributed by atoms with E-state index in [0.717, 1.165) is 44.1 Å². The van der Waals surface area contributed by atoms with E-state index in [9.17, 15) is 9.59 Å². The van der Waals surface area contributed by atoms with Crippen molar-refractivity contribution in [1.82, 2.24) is 0 Å². The van der Waals surface area contributed by atoms with Crippen LogP contribution in [0.3, 0.4) is 0 Å². The fraction of sp³-hybridized carbons (Fsp3) is 0.760. The first-order chi connectivity index (χ1) is 15.2. The molecule has 2 unspecified atom stereocenters. The maximum Gasteiger partial charge on any atom is 0.303 e. The van der Waals surface area contributed by atoms with E-state index in [-0.39, 0.29) is 23.0 Å². The number of hydrogen-bond acceptors (Lipinski definition) is 7. The molecule has 6 rings (SSSR count). The highest BCUT2D eigenvalue weighted by Gasteiger charge is 2.72. The van der Waals surface area contributed by atoms with Gasteiger partial charge in [0.05, 0.1) is 24.4 Å². The van der Waals surface area contributed by atoms with Crippen molar-refractivity contribution in [1.29, 1.82) is 0 Å². The van der Waals surface area contributed by atoms with E-state index in [1.54, 1.807) is 0 Å². The van der Waals surface area contributed by atoms with E-state index in [4.69, 9.17) is 23.7 Å². The van der Waals surface area contributed by atoms with E-state index in [2.05, 4.69) is 19.1 Å². The van der Waals surface area contributed by atoms with E-state index in [1.807, 2.05) is 0 Å². The molecule has 3 heterocycles. The van der Waals surface area contributed by atoms with Gasteiger partial charge in [-0.15, -0.1) is 0 Å². The molecule has 0 aromatic rings. The first-order valence-corrected chi connectivity index (χ1v) is 12.0. The molecule has 2 saturated carbocycles.